The highest BCUT2D eigenvalue weighted by Crippen LogP contribution is 2.22. The highest BCUT2D eigenvalue weighted by Gasteiger charge is 2.22. The second kappa shape index (κ2) is 5.34. The fourth-order valence-electron chi connectivity index (χ4n) is 2.00. The largest absolute Gasteiger partial charge is 0.347 e. The van der Waals surface area contributed by atoms with Gasteiger partial charge in [-0.15, -0.1) is 0 Å². The van der Waals surface area contributed by atoms with Crippen molar-refractivity contribution in [3.63, 3.8) is 0 Å². The van der Waals surface area contributed by atoms with E-state index in [-0.39, 0.29) is 6.04 Å². The summed E-state index contributed by atoms with van der Waals surface area (Å²) >= 11 is 0. The third-order valence-electron chi connectivity index (χ3n) is 3.22. The minimum absolute atomic E-state index is 0.0343. The number of rotatable bonds is 3. The van der Waals surface area contributed by atoms with Crippen LogP contribution in [-0.4, -0.2) is 17.7 Å². The van der Waals surface area contributed by atoms with Gasteiger partial charge in [0.2, 0.25) is 0 Å². The smallest absolute Gasteiger partial charge is 0.292 e. The van der Waals surface area contributed by atoms with Crippen molar-refractivity contribution in [2.45, 2.75) is 47.6 Å². The maximum Gasteiger partial charge on any atom is 0.292 e. The van der Waals surface area contributed by atoms with Crippen LogP contribution < -0.4 is 5.32 Å². The molecule has 1 aromatic rings. The van der Waals surface area contributed by atoms with E-state index in [4.69, 9.17) is 0 Å². The van der Waals surface area contributed by atoms with Gasteiger partial charge in [-0.25, -0.2) is 0 Å². The van der Waals surface area contributed by atoms with Crippen LogP contribution in [0.1, 0.15) is 46.5 Å². The van der Waals surface area contributed by atoms with E-state index in [1.807, 2.05) is 47.6 Å². The van der Waals surface area contributed by atoms with Gasteiger partial charge in [0.05, 0.1) is 0 Å². The summed E-state index contributed by atoms with van der Waals surface area (Å²) in [7, 11) is 0. The van der Waals surface area contributed by atoms with Crippen molar-refractivity contribution in [3.8, 4) is 0 Å². The van der Waals surface area contributed by atoms with Gasteiger partial charge in [0.25, 0.3) is 11.7 Å². The topological polar surface area (TPSA) is 46.2 Å². The first-order chi connectivity index (χ1) is 8.25. The summed E-state index contributed by atoms with van der Waals surface area (Å²) in [5.41, 5.74) is 4.41. The number of hydrogen-bond acceptors (Lipinski definition) is 2. The van der Waals surface area contributed by atoms with Crippen LogP contribution in [0.4, 0.5) is 0 Å². The molecule has 0 aromatic heterocycles. The zero-order valence-electron chi connectivity index (χ0n) is 12.0. The van der Waals surface area contributed by atoms with Gasteiger partial charge in [-0.05, 0) is 63.8 Å². The monoisotopic (exact) mass is 247 g/mol. The molecular formula is C15H21NO2. The van der Waals surface area contributed by atoms with E-state index in [1.165, 1.54) is 0 Å². The third-order valence-corrected chi connectivity index (χ3v) is 3.22. The molecule has 1 amide bonds. The van der Waals surface area contributed by atoms with Gasteiger partial charge >= 0.3 is 0 Å². The first kappa shape index (κ1) is 14.4. The number of ketones is 1. The van der Waals surface area contributed by atoms with Gasteiger partial charge in [0.1, 0.15) is 0 Å². The van der Waals surface area contributed by atoms with E-state index < -0.39 is 11.7 Å². The molecule has 0 spiro atoms. The molecule has 0 atom stereocenters. The van der Waals surface area contributed by atoms with Gasteiger partial charge in [-0.3, -0.25) is 9.59 Å². The van der Waals surface area contributed by atoms with Gasteiger partial charge < -0.3 is 5.32 Å². The molecule has 18 heavy (non-hydrogen) atoms. The standard InChI is InChI=1S/C15H21NO2/c1-8(2)16-15(18)14(17)13-11(5)9(3)7-10(4)12(13)6/h7-8H,1-6H3,(H,16,18). The molecule has 1 N–H and O–H groups in total. The Balaban J connectivity index is 3.25. The van der Waals surface area contributed by atoms with Crippen molar-refractivity contribution < 1.29 is 9.59 Å². The second-order valence-electron chi connectivity index (χ2n) is 5.09. The molecule has 0 saturated heterocycles. The quantitative estimate of drug-likeness (QED) is 0.659. The summed E-state index contributed by atoms with van der Waals surface area (Å²) in [5.74, 6) is -0.966. The Morgan fingerprint density at radius 2 is 1.44 bits per heavy atom. The van der Waals surface area contributed by atoms with Crippen LogP contribution in [0.2, 0.25) is 0 Å². The molecule has 0 aliphatic heterocycles. The number of hydrogen-bond donors (Lipinski definition) is 1. The van der Waals surface area contributed by atoms with Crippen molar-refractivity contribution in [3.05, 3.63) is 33.9 Å². The molecule has 3 nitrogen and oxygen atoms in total. The second-order valence-corrected chi connectivity index (χ2v) is 5.09. The van der Waals surface area contributed by atoms with E-state index in [0.29, 0.717) is 5.56 Å². The number of Topliss-reactive ketones (excluding diaryl/α,β-unsaturated/α-hetero) is 1. The summed E-state index contributed by atoms with van der Waals surface area (Å²) in [4.78, 5) is 24.0. The molecule has 1 aromatic carbocycles. The molecule has 0 radical (unpaired) electrons. The summed E-state index contributed by atoms with van der Waals surface area (Å²) in [6, 6.07) is 2.01. The Kier molecular flexibility index (Phi) is 4.28. The SMILES string of the molecule is Cc1cc(C)c(C)c(C(=O)C(=O)NC(C)C)c1C. The maximum atomic E-state index is 12.2. The van der Waals surface area contributed by atoms with E-state index in [1.54, 1.807) is 0 Å². The molecule has 98 valence electrons. The highest BCUT2D eigenvalue weighted by molar-refractivity contribution is 6.43. The Bertz CT molecular complexity index is 475. The number of benzene rings is 1. The van der Waals surface area contributed by atoms with Crippen LogP contribution in [0.15, 0.2) is 6.07 Å². The lowest BCUT2D eigenvalue weighted by molar-refractivity contribution is -0.117. The molecular weight excluding hydrogens is 226 g/mol. The van der Waals surface area contributed by atoms with E-state index >= 15 is 0 Å². The van der Waals surface area contributed by atoms with Crippen LogP contribution in [0.25, 0.3) is 0 Å². The summed E-state index contributed by atoms with van der Waals surface area (Å²) in [6.45, 7) is 11.4. The van der Waals surface area contributed by atoms with Gasteiger partial charge in [0, 0.05) is 11.6 Å². The Morgan fingerprint density at radius 1 is 1.00 bits per heavy atom. The Morgan fingerprint density at radius 3 is 1.83 bits per heavy atom. The summed E-state index contributed by atoms with van der Waals surface area (Å²) < 4.78 is 0. The van der Waals surface area contributed by atoms with Crippen LogP contribution in [0, 0.1) is 27.7 Å². The van der Waals surface area contributed by atoms with Gasteiger partial charge in [0.15, 0.2) is 0 Å². The minimum atomic E-state index is -0.527. The van der Waals surface area contributed by atoms with Crippen molar-refractivity contribution in [2.75, 3.05) is 0 Å². The van der Waals surface area contributed by atoms with Crippen molar-refractivity contribution >= 4 is 11.7 Å². The zero-order chi connectivity index (χ0) is 14.0. The Hall–Kier alpha value is -1.64. The number of aryl methyl sites for hydroxylation is 2. The van der Waals surface area contributed by atoms with Crippen LogP contribution >= 0.6 is 0 Å². The molecule has 0 heterocycles. The summed E-state index contributed by atoms with van der Waals surface area (Å²) in [6.07, 6.45) is 0. The third kappa shape index (κ3) is 2.78. The normalized spacial score (nSPS) is 10.6. The number of amides is 1. The number of carbonyl (C=O) groups is 2. The molecule has 0 unspecified atom stereocenters. The van der Waals surface area contributed by atoms with Crippen LogP contribution in [-0.2, 0) is 4.79 Å². The Labute approximate surface area is 109 Å². The summed E-state index contributed by atoms with van der Waals surface area (Å²) in [5, 5.41) is 2.65. The highest BCUT2D eigenvalue weighted by atomic mass is 16.2. The molecule has 1 rings (SSSR count). The zero-order valence-corrected chi connectivity index (χ0v) is 12.0. The van der Waals surface area contributed by atoms with Crippen molar-refractivity contribution in [1.29, 1.82) is 0 Å². The molecule has 0 aliphatic rings. The molecule has 0 fully saturated rings. The van der Waals surface area contributed by atoms with Gasteiger partial charge in [-0.2, -0.15) is 0 Å². The fourth-order valence-corrected chi connectivity index (χ4v) is 2.00. The van der Waals surface area contributed by atoms with Crippen LogP contribution in [0.5, 0.6) is 0 Å². The predicted molar refractivity (Wildman–Crippen MR) is 73.0 cm³/mol. The van der Waals surface area contributed by atoms with Gasteiger partial charge in [-0.1, -0.05) is 6.07 Å². The average molecular weight is 247 g/mol. The molecule has 0 saturated carbocycles. The molecule has 3 heteroatoms. The number of nitrogens with one attached hydrogen (secondary N) is 1. The maximum absolute atomic E-state index is 12.2. The molecule has 0 bridgehead atoms. The minimum Gasteiger partial charge on any atom is -0.347 e. The molecule has 0 aliphatic carbocycles. The lowest BCUT2D eigenvalue weighted by Crippen LogP contribution is -2.36. The van der Waals surface area contributed by atoms with Crippen molar-refractivity contribution in [1.82, 2.24) is 5.32 Å². The average Bonchev–Trinajstić information content (AvgIpc) is 2.25. The van der Waals surface area contributed by atoms with Crippen LogP contribution in [0.3, 0.4) is 0 Å². The van der Waals surface area contributed by atoms with E-state index in [0.717, 1.165) is 22.3 Å². The van der Waals surface area contributed by atoms with E-state index in [9.17, 15) is 9.59 Å². The van der Waals surface area contributed by atoms with Crippen molar-refractivity contribution in [2.24, 2.45) is 0 Å². The first-order valence-corrected chi connectivity index (χ1v) is 6.18. The predicted octanol–water partition coefficient (Wildman–Crippen LogP) is 2.63. The fraction of sp³-hybridized carbons (Fsp3) is 0.467. The lowest BCUT2D eigenvalue weighted by atomic mass is 9.91. The van der Waals surface area contributed by atoms with E-state index in [2.05, 4.69) is 5.32 Å². The lowest BCUT2D eigenvalue weighted by Gasteiger charge is -2.15. The first-order valence-electron chi connectivity index (χ1n) is 6.18. The number of carbonyl (C=O) groups excluding carboxylic acids is 2.